The topological polar surface area (TPSA) is 77.4 Å². The van der Waals surface area contributed by atoms with Crippen LogP contribution in [0, 0.1) is 12.3 Å². The quantitative estimate of drug-likeness (QED) is 0.187. The molecule has 1 atom stereocenters. The third-order valence-electron chi connectivity index (χ3n) is 6.25. The molecule has 2 aliphatic rings. The van der Waals surface area contributed by atoms with Crippen LogP contribution in [-0.4, -0.2) is 23.6 Å². The summed E-state index contributed by atoms with van der Waals surface area (Å²) in [6, 6.07) is 18.8. The molecule has 3 aromatic rings. The number of halogens is 4. The summed E-state index contributed by atoms with van der Waals surface area (Å²) in [5.74, 6) is 0.718. The predicted molar refractivity (Wildman–Crippen MR) is 150 cm³/mol. The molecule has 0 spiro atoms. The molecule has 1 aromatic heterocycles. The number of benzene rings is 3. The number of nitrogens with zero attached hydrogens (tertiary/aromatic N) is 1. The van der Waals surface area contributed by atoms with E-state index in [9.17, 15) is 27.6 Å². The predicted octanol–water partition coefficient (Wildman–Crippen LogP) is 6.38. The van der Waals surface area contributed by atoms with Crippen molar-refractivity contribution in [1.82, 2.24) is 4.57 Å². The maximum atomic E-state index is 13.3. The minimum absolute atomic E-state index is 0.0293. The number of hydrogen-bond donors (Lipinski definition) is 1. The average Bonchev–Trinajstić information content (AvgIpc) is 3.57. The molecule has 1 heterocycles. The van der Waals surface area contributed by atoms with Crippen LogP contribution in [-0.2, 0) is 22.1 Å². The van der Waals surface area contributed by atoms with Crippen LogP contribution in [0.5, 0.6) is 0 Å². The van der Waals surface area contributed by atoms with E-state index in [4.69, 9.17) is 22.8 Å². The van der Waals surface area contributed by atoms with Gasteiger partial charge in [0.05, 0.1) is 18.2 Å². The van der Waals surface area contributed by atoms with Gasteiger partial charge < -0.3 is 10.1 Å². The number of carbonyl (C=O) groups is 2. The average molecular weight is 579 g/mol. The van der Waals surface area contributed by atoms with Crippen molar-refractivity contribution in [2.75, 3.05) is 12.4 Å². The molecule has 0 radical (unpaired) electrons. The Bertz CT molecular complexity index is 1670. The Labute approximate surface area is 238 Å². The number of carbonyl (C=O) groups excluding carboxylic acids is 2. The van der Waals surface area contributed by atoms with E-state index in [2.05, 4.69) is 35.5 Å². The number of nitrogens with one attached hydrogen (secondary N) is 1. The Morgan fingerprint density at radius 2 is 1.66 bits per heavy atom. The van der Waals surface area contributed by atoms with E-state index in [0.29, 0.717) is 10.6 Å². The molecule has 208 valence electrons. The molecule has 0 saturated heterocycles. The molecule has 0 aliphatic heterocycles. The molecule has 0 bridgehead atoms. The van der Waals surface area contributed by atoms with Gasteiger partial charge in [0, 0.05) is 23.2 Å². The lowest BCUT2D eigenvalue weighted by Gasteiger charge is -2.19. The number of fused-ring (bicyclic) bond motifs is 1. The molecule has 0 fully saturated rings. The van der Waals surface area contributed by atoms with Gasteiger partial charge in [-0.05, 0) is 65.2 Å². The highest BCUT2D eigenvalue weighted by Crippen LogP contribution is 2.32. The van der Waals surface area contributed by atoms with E-state index in [1.165, 1.54) is 30.5 Å². The number of alkyl halides is 3. The second kappa shape index (κ2) is 12.1. The van der Waals surface area contributed by atoms with Gasteiger partial charge in [0.1, 0.15) is 11.7 Å². The van der Waals surface area contributed by atoms with Crippen LogP contribution in [0.25, 0.3) is 11.1 Å². The van der Waals surface area contributed by atoms with E-state index in [0.717, 1.165) is 28.8 Å². The SMILES string of the molecule is C#Cc1ccn(C(Cc2ccc(Cl)cc2)C(=O)OC)c(=O)c1NC(=O)c1ccc(C(F)(F)F)cc1.c1cc2cc-2c1. The van der Waals surface area contributed by atoms with Crippen molar-refractivity contribution >= 4 is 29.2 Å². The van der Waals surface area contributed by atoms with E-state index in [1.807, 2.05) is 0 Å². The standard InChI is InChI=1S/C25H18ClF3N2O4.C6H4/c1-3-16-12-13-31(20(24(34)35-2)14-15-4-10-19(26)11-5-15)23(33)21(16)30-22(32)17-6-8-18(9-7-17)25(27,28)29;1-2-5-4-6(5)3-1/h1,4-13,20H,14H2,2H3,(H,30,32);1-4H. The molecule has 2 aromatic carbocycles. The van der Waals surface area contributed by atoms with E-state index < -0.39 is 35.2 Å². The Hall–Kier alpha value is -4.81. The molecule has 1 unspecified atom stereocenters. The van der Waals surface area contributed by atoms with Gasteiger partial charge in [0.25, 0.3) is 11.5 Å². The summed E-state index contributed by atoms with van der Waals surface area (Å²) in [7, 11) is 1.17. The lowest BCUT2D eigenvalue weighted by Crippen LogP contribution is -2.34. The van der Waals surface area contributed by atoms with Crippen molar-refractivity contribution in [3.05, 3.63) is 123 Å². The normalized spacial score (nSPS) is 11.8. The first-order valence-electron chi connectivity index (χ1n) is 12.1. The van der Waals surface area contributed by atoms with Crippen molar-refractivity contribution in [3.8, 4) is 23.5 Å². The Morgan fingerprint density at radius 3 is 2.15 bits per heavy atom. The van der Waals surface area contributed by atoms with Gasteiger partial charge in [-0.25, -0.2) is 4.79 Å². The van der Waals surface area contributed by atoms with Crippen LogP contribution >= 0.6 is 11.6 Å². The fourth-order valence-electron chi connectivity index (χ4n) is 3.98. The number of terminal acetylenes is 1. The molecular formula is C31H22ClF3N2O4. The smallest absolute Gasteiger partial charge is 0.416 e. The fraction of sp³-hybridized carbons (Fsp3) is 0.129. The van der Waals surface area contributed by atoms with E-state index in [1.54, 1.807) is 24.3 Å². The number of hydrogen-bond acceptors (Lipinski definition) is 4. The van der Waals surface area contributed by atoms with E-state index >= 15 is 0 Å². The molecule has 41 heavy (non-hydrogen) atoms. The highest BCUT2D eigenvalue weighted by Gasteiger charge is 2.30. The lowest BCUT2D eigenvalue weighted by molar-refractivity contribution is -0.144. The van der Waals surface area contributed by atoms with Crippen molar-refractivity contribution in [1.29, 1.82) is 0 Å². The van der Waals surface area contributed by atoms with Gasteiger partial charge in [-0.15, -0.1) is 6.42 Å². The van der Waals surface area contributed by atoms with Crippen LogP contribution < -0.4 is 10.9 Å². The minimum atomic E-state index is -4.56. The lowest BCUT2D eigenvalue weighted by atomic mass is 10.1. The second-order valence-electron chi connectivity index (χ2n) is 8.94. The Balaban J connectivity index is 0.000000560. The number of esters is 1. The number of aromatic nitrogens is 1. The van der Waals surface area contributed by atoms with Crippen LogP contribution in [0.15, 0.2) is 89.9 Å². The molecule has 6 nitrogen and oxygen atoms in total. The molecule has 1 amide bonds. The van der Waals surface area contributed by atoms with Gasteiger partial charge in [0.2, 0.25) is 0 Å². The number of anilines is 1. The largest absolute Gasteiger partial charge is 0.467 e. The van der Waals surface area contributed by atoms with Gasteiger partial charge in [-0.3, -0.25) is 14.2 Å². The number of ether oxygens (including phenoxy) is 1. The van der Waals surface area contributed by atoms with E-state index in [-0.39, 0.29) is 23.2 Å². The summed E-state index contributed by atoms with van der Waals surface area (Å²) in [6.07, 6.45) is 2.29. The zero-order valence-electron chi connectivity index (χ0n) is 21.5. The zero-order valence-corrected chi connectivity index (χ0v) is 22.3. The van der Waals surface area contributed by atoms with Crippen LogP contribution in [0.3, 0.4) is 0 Å². The first-order valence-corrected chi connectivity index (χ1v) is 12.5. The first-order chi connectivity index (χ1) is 19.5. The maximum Gasteiger partial charge on any atom is 0.416 e. The summed E-state index contributed by atoms with van der Waals surface area (Å²) in [5.41, 5.74) is 1.43. The fourth-order valence-corrected chi connectivity index (χ4v) is 4.11. The van der Waals surface area contributed by atoms with Crippen LogP contribution in [0.4, 0.5) is 18.9 Å². The zero-order chi connectivity index (χ0) is 29.7. The number of rotatable bonds is 6. The van der Waals surface area contributed by atoms with Gasteiger partial charge in [-0.2, -0.15) is 13.2 Å². The summed E-state index contributed by atoms with van der Waals surface area (Å²) in [6.45, 7) is 0. The van der Waals surface area contributed by atoms with Gasteiger partial charge in [0.15, 0.2) is 0 Å². The van der Waals surface area contributed by atoms with Crippen LogP contribution in [0.1, 0.15) is 33.1 Å². The van der Waals surface area contributed by atoms with Crippen molar-refractivity contribution in [2.24, 2.45) is 0 Å². The molecular weight excluding hydrogens is 557 g/mol. The highest BCUT2D eigenvalue weighted by atomic mass is 35.5. The number of methoxy groups -OCH3 is 1. The van der Waals surface area contributed by atoms with Crippen molar-refractivity contribution in [3.63, 3.8) is 0 Å². The monoisotopic (exact) mass is 578 g/mol. The van der Waals surface area contributed by atoms with Crippen LogP contribution in [0.2, 0.25) is 5.02 Å². The van der Waals surface area contributed by atoms with Crippen molar-refractivity contribution in [2.45, 2.75) is 18.6 Å². The molecule has 0 saturated carbocycles. The molecule has 10 heteroatoms. The summed E-state index contributed by atoms with van der Waals surface area (Å²) in [5, 5.41) is 2.85. The highest BCUT2D eigenvalue weighted by molar-refractivity contribution is 6.30. The molecule has 2 aliphatic carbocycles. The molecule has 5 rings (SSSR count). The van der Waals surface area contributed by atoms with Gasteiger partial charge in [-0.1, -0.05) is 47.9 Å². The third kappa shape index (κ3) is 7.04. The number of amides is 1. The Morgan fingerprint density at radius 1 is 1.02 bits per heavy atom. The Kier molecular flexibility index (Phi) is 8.65. The van der Waals surface area contributed by atoms with Gasteiger partial charge >= 0.3 is 12.1 Å². The summed E-state index contributed by atoms with van der Waals surface area (Å²) >= 11 is 5.90. The van der Waals surface area contributed by atoms with Crippen molar-refractivity contribution < 1.29 is 27.5 Å². The summed E-state index contributed by atoms with van der Waals surface area (Å²) in [4.78, 5) is 38.5. The third-order valence-corrected chi connectivity index (χ3v) is 6.50. The summed E-state index contributed by atoms with van der Waals surface area (Å²) < 4.78 is 44.3. The first kappa shape index (κ1) is 29.2. The maximum absolute atomic E-state index is 13.3. The second-order valence-corrected chi connectivity index (χ2v) is 9.38. The number of pyridine rings is 1. The molecule has 1 N–H and O–H groups in total. The minimum Gasteiger partial charge on any atom is -0.467 e.